The maximum absolute atomic E-state index is 12.2. The number of carbonyl (C=O) groups excluding carboxylic acids is 1. The van der Waals surface area contributed by atoms with E-state index in [0.29, 0.717) is 25.9 Å². The fourth-order valence-corrected chi connectivity index (χ4v) is 3.01. The molecular formula is C16H30N2O3. The van der Waals surface area contributed by atoms with Crippen molar-refractivity contribution < 1.29 is 14.7 Å². The molecule has 21 heavy (non-hydrogen) atoms. The van der Waals surface area contributed by atoms with E-state index in [-0.39, 0.29) is 11.9 Å². The minimum atomic E-state index is -0.731. The monoisotopic (exact) mass is 298 g/mol. The Labute approximate surface area is 128 Å². The van der Waals surface area contributed by atoms with Gasteiger partial charge in [0, 0.05) is 13.1 Å². The third-order valence-corrected chi connectivity index (χ3v) is 4.74. The number of rotatable bonds is 8. The van der Waals surface area contributed by atoms with Crippen molar-refractivity contribution in [3.63, 3.8) is 0 Å². The van der Waals surface area contributed by atoms with Gasteiger partial charge in [0.05, 0.1) is 11.5 Å². The molecule has 1 amide bonds. The highest BCUT2D eigenvalue weighted by Gasteiger charge is 2.42. The number of nitrogens with zero attached hydrogens (tertiary/aromatic N) is 1. The Morgan fingerprint density at radius 2 is 2.05 bits per heavy atom. The maximum atomic E-state index is 12.2. The largest absolute Gasteiger partial charge is 0.481 e. The first-order chi connectivity index (χ1) is 9.96. The number of likely N-dealkylation sites (tertiary alicyclic amines) is 1. The fraction of sp³-hybridized carbons (Fsp3) is 0.875. The number of hydrogen-bond acceptors (Lipinski definition) is 3. The number of piperidine rings is 1. The van der Waals surface area contributed by atoms with Crippen LogP contribution in [-0.4, -0.2) is 47.6 Å². The summed E-state index contributed by atoms with van der Waals surface area (Å²) in [6, 6.07) is -0.253. The molecule has 1 saturated heterocycles. The van der Waals surface area contributed by atoms with Gasteiger partial charge in [-0.25, -0.2) is 0 Å². The lowest BCUT2D eigenvalue weighted by atomic mass is 9.77. The Kier molecular flexibility index (Phi) is 7.15. The number of hydrogen-bond donors (Lipinski definition) is 2. The number of unbranched alkanes of at least 4 members (excludes halogenated alkanes) is 2. The SMILES string of the molecule is CCCCCNC(=O)C(C)N1CCCC(CC)(C(=O)O)C1. The molecule has 2 atom stereocenters. The van der Waals surface area contributed by atoms with Crippen molar-refractivity contribution in [2.45, 2.75) is 65.3 Å². The normalized spacial score (nSPS) is 24.5. The molecule has 5 nitrogen and oxygen atoms in total. The average Bonchev–Trinajstić information content (AvgIpc) is 2.50. The second-order valence-corrected chi connectivity index (χ2v) is 6.19. The Hall–Kier alpha value is -1.10. The fourth-order valence-electron chi connectivity index (χ4n) is 3.01. The van der Waals surface area contributed by atoms with Crippen molar-refractivity contribution in [1.82, 2.24) is 10.2 Å². The van der Waals surface area contributed by atoms with Crippen LogP contribution < -0.4 is 5.32 Å². The van der Waals surface area contributed by atoms with Crippen LogP contribution in [0.4, 0.5) is 0 Å². The average molecular weight is 298 g/mol. The topological polar surface area (TPSA) is 69.6 Å². The van der Waals surface area contributed by atoms with E-state index in [4.69, 9.17) is 0 Å². The van der Waals surface area contributed by atoms with Crippen molar-refractivity contribution in [2.75, 3.05) is 19.6 Å². The molecule has 1 rings (SSSR count). The van der Waals surface area contributed by atoms with Crippen LogP contribution in [0.15, 0.2) is 0 Å². The van der Waals surface area contributed by atoms with Gasteiger partial charge in [0.1, 0.15) is 0 Å². The highest BCUT2D eigenvalue weighted by molar-refractivity contribution is 5.81. The van der Waals surface area contributed by atoms with Gasteiger partial charge in [-0.05, 0) is 39.2 Å². The minimum absolute atomic E-state index is 0.0170. The zero-order chi connectivity index (χ0) is 15.9. The molecule has 0 saturated carbocycles. The van der Waals surface area contributed by atoms with Crippen molar-refractivity contribution in [3.8, 4) is 0 Å². The van der Waals surface area contributed by atoms with Crippen LogP contribution in [0.2, 0.25) is 0 Å². The molecule has 0 radical (unpaired) electrons. The van der Waals surface area contributed by atoms with Crippen molar-refractivity contribution in [3.05, 3.63) is 0 Å². The number of carboxylic acids is 1. The predicted molar refractivity (Wildman–Crippen MR) is 83.2 cm³/mol. The molecule has 1 fully saturated rings. The number of amides is 1. The van der Waals surface area contributed by atoms with Gasteiger partial charge in [-0.3, -0.25) is 14.5 Å². The molecule has 0 bridgehead atoms. The van der Waals surface area contributed by atoms with E-state index in [1.165, 1.54) is 0 Å². The van der Waals surface area contributed by atoms with Crippen LogP contribution in [0.1, 0.15) is 59.3 Å². The van der Waals surface area contributed by atoms with E-state index in [0.717, 1.165) is 32.2 Å². The van der Waals surface area contributed by atoms with E-state index < -0.39 is 11.4 Å². The van der Waals surface area contributed by atoms with Gasteiger partial charge in [0.25, 0.3) is 0 Å². The molecule has 0 aromatic heterocycles. The summed E-state index contributed by atoms with van der Waals surface area (Å²) in [5.74, 6) is -0.714. The standard InChI is InChI=1S/C16H30N2O3/c1-4-6-7-10-17-14(19)13(3)18-11-8-9-16(5-2,12-18)15(20)21/h13H,4-12H2,1-3H3,(H,17,19)(H,20,21). The summed E-state index contributed by atoms with van der Waals surface area (Å²) in [6.07, 6.45) is 5.42. The summed E-state index contributed by atoms with van der Waals surface area (Å²) in [5.41, 5.74) is -0.686. The van der Waals surface area contributed by atoms with E-state index in [2.05, 4.69) is 12.2 Å². The third-order valence-electron chi connectivity index (χ3n) is 4.74. The third kappa shape index (κ3) is 4.70. The van der Waals surface area contributed by atoms with E-state index in [1.54, 1.807) is 0 Å². The lowest BCUT2D eigenvalue weighted by molar-refractivity contribution is -0.154. The zero-order valence-corrected chi connectivity index (χ0v) is 13.7. The van der Waals surface area contributed by atoms with Gasteiger partial charge in [-0.2, -0.15) is 0 Å². The number of nitrogens with one attached hydrogen (secondary N) is 1. The summed E-state index contributed by atoms with van der Waals surface area (Å²) in [7, 11) is 0. The zero-order valence-electron chi connectivity index (χ0n) is 13.7. The summed E-state index contributed by atoms with van der Waals surface area (Å²) in [4.78, 5) is 25.8. The molecule has 1 aliphatic rings. The molecule has 2 unspecified atom stereocenters. The molecule has 122 valence electrons. The highest BCUT2D eigenvalue weighted by Crippen LogP contribution is 2.34. The number of carboxylic acid groups (broad SMARTS) is 1. The van der Waals surface area contributed by atoms with Crippen LogP contribution in [-0.2, 0) is 9.59 Å². The molecule has 0 aromatic carbocycles. The van der Waals surface area contributed by atoms with Gasteiger partial charge in [0.2, 0.25) is 5.91 Å². The second kappa shape index (κ2) is 8.37. The first-order valence-corrected chi connectivity index (χ1v) is 8.22. The molecule has 1 aliphatic heterocycles. The van der Waals surface area contributed by atoms with Crippen LogP contribution in [0.25, 0.3) is 0 Å². The molecule has 0 aliphatic carbocycles. The highest BCUT2D eigenvalue weighted by atomic mass is 16.4. The molecule has 5 heteroatoms. The molecule has 0 spiro atoms. The minimum Gasteiger partial charge on any atom is -0.481 e. The van der Waals surface area contributed by atoms with Gasteiger partial charge >= 0.3 is 5.97 Å². The first-order valence-electron chi connectivity index (χ1n) is 8.22. The van der Waals surface area contributed by atoms with Crippen LogP contribution in [0.5, 0.6) is 0 Å². The summed E-state index contributed by atoms with van der Waals surface area (Å²) in [6.45, 7) is 7.92. The lowest BCUT2D eigenvalue weighted by Crippen LogP contribution is -2.54. The van der Waals surface area contributed by atoms with Gasteiger partial charge in [0.15, 0.2) is 0 Å². The second-order valence-electron chi connectivity index (χ2n) is 6.19. The Morgan fingerprint density at radius 1 is 1.33 bits per heavy atom. The molecule has 2 N–H and O–H groups in total. The Bertz CT molecular complexity index is 359. The van der Waals surface area contributed by atoms with E-state index in [1.807, 2.05) is 18.7 Å². The van der Waals surface area contributed by atoms with Crippen LogP contribution >= 0.6 is 0 Å². The quantitative estimate of drug-likeness (QED) is 0.674. The van der Waals surface area contributed by atoms with Gasteiger partial charge in [-0.1, -0.05) is 26.7 Å². The van der Waals surface area contributed by atoms with Crippen molar-refractivity contribution in [1.29, 1.82) is 0 Å². The first kappa shape index (κ1) is 18.0. The summed E-state index contributed by atoms with van der Waals surface area (Å²) >= 11 is 0. The summed E-state index contributed by atoms with van der Waals surface area (Å²) in [5, 5.41) is 12.5. The van der Waals surface area contributed by atoms with Crippen molar-refractivity contribution >= 4 is 11.9 Å². The smallest absolute Gasteiger partial charge is 0.310 e. The Balaban J connectivity index is 2.55. The van der Waals surface area contributed by atoms with Crippen LogP contribution in [0, 0.1) is 5.41 Å². The predicted octanol–water partition coefficient (Wildman–Crippen LogP) is 2.26. The van der Waals surface area contributed by atoms with Gasteiger partial charge < -0.3 is 10.4 Å². The lowest BCUT2D eigenvalue weighted by Gasteiger charge is -2.41. The van der Waals surface area contributed by atoms with Gasteiger partial charge in [-0.15, -0.1) is 0 Å². The summed E-state index contributed by atoms with van der Waals surface area (Å²) < 4.78 is 0. The Morgan fingerprint density at radius 3 is 2.62 bits per heavy atom. The molecule has 1 heterocycles. The van der Waals surface area contributed by atoms with Crippen LogP contribution in [0.3, 0.4) is 0 Å². The molecular weight excluding hydrogens is 268 g/mol. The van der Waals surface area contributed by atoms with E-state index in [9.17, 15) is 14.7 Å². The number of aliphatic carboxylic acids is 1. The molecule has 0 aromatic rings. The number of carbonyl (C=O) groups is 2. The maximum Gasteiger partial charge on any atom is 0.310 e. The van der Waals surface area contributed by atoms with E-state index >= 15 is 0 Å². The van der Waals surface area contributed by atoms with Crippen molar-refractivity contribution in [2.24, 2.45) is 5.41 Å².